The van der Waals surface area contributed by atoms with Crippen molar-refractivity contribution < 1.29 is 9.71 Å². The lowest BCUT2D eigenvalue weighted by Crippen LogP contribution is -2.35. The number of nitrogens with one attached hydrogen (secondary N) is 1. The molecule has 2 aromatic carbocycles. The summed E-state index contributed by atoms with van der Waals surface area (Å²) < 4.78 is 1.20. The van der Waals surface area contributed by atoms with Crippen LogP contribution in [0.4, 0.5) is 0 Å². The molecule has 0 amide bonds. The fourth-order valence-electron chi connectivity index (χ4n) is 2.02. The first kappa shape index (κ1) is 12.8. The summed E-state index contributed by atoms with van der Waals surface area (Å²) in [6.45, 7) is 0. The van der Waals surface area contributed by atoms with E-state index >= 15 is 0 Å². The first-order valence-corrected chi connectivity index (χ1v) is 6.23. The zero-order valence-corrected chi connectivity index (χ0v) is 10.9. The summed E-state index contributed by atoms with van der Waals surface area (Å²) in [7, 11) is 0. The molecule has 0 aliphatic heterocycles. The van der Waals surface area contributed by atoms with E-state index in [9.17, 15) is 10.1 Å². The Balaban J connectivity index is 2.14. The molecule has 0 radical (unpaired) electrons. The lowest BCUT2D eigenvalue weighted by atomic mass is 10.2. The van der Waals surface area contributed by atoms with E-state index in [-0.39, 0.29) is 0 Å². The van der Waals surface area contributed by atoms with Gasteiger partial charge in [-0.05, 0) is 24.3 Å². The van der Waals surface area contributed by atoms with Crippen LogP contribution in [-0.2, 0) is 0 Å². The van der Waals surface area contributed by atoms with Gasteiger partial charge in [-0.1, -0.05) is 41.9 Å². The Labute approximate surface area is 120 Å². The second-order valence-corrected chi connectivity index (χ2v) is 4.27. The Morgan fingerprint density at radius 3 is 2.14 bits per heavy atom. The molecular weight excluding hydrogens is 270 g/mol. The number of nitrogens with zero attached hydrogens (tertiary/aromatic N) is 4. The second kappa shape index (κ2) is 5.41. The highest BCUT2D eigenvalue weighted by atomic mass is 16.7. The number of aromatic nitrogens is 3. The molecule has 0 spiro atoms. The molecule has 0 bridgehead atoms. The lowest BCUT2D eigenvalue weighted by molar-refractivity contribution is -0.722. The van der Waals surface area contributed by atoms with Crippen molar-refractivity contribution in [2.24, 2.45) is 0 Å². The highest BCUT2D eigenvalue weighted by Crippen LogP contribution is 2.18. The van der Waals surface area contributed by atoms with Crippen LogP contribution in [0.5, 0.6) is 0 Å². The average Bonchev–Trinajstić information content (AvgIpc) is 2.92. The molecule has 0 aliphatic rings. The van der Waals surface area contributed by atoms with Gasteiger partial charge in [0.05, 0.1) is 11.1 Å². The van der Waals surface area contributed by atoms with E-state index in [0.717, 1.165) is 11.1 Å². The topological polar surface area (TPSA) is 89.8 Å². The van der Waals surface area contributed by atoms with E-state index in [2.05, 4.69) is 15.7 Å². The Morgan fingerprint density at radius 1 is 1.00 bits per heavy atom. The zero-order valence-electron chi connectivity index (χ0n) is 10.9. The monoisotopic (exact) mass is 281 g/mol. The Morgan fingerprint density at radius 2 is 1.57 bits per heavy atom. The van der Waals surface area contributed by atoms with Crippen molar-refractivity contribution in [1.29, 1.82) is 0 Å². The largest absolute Gasteiger partial charge is 0.327 e. The number of hydrogen-bond donors (Lipinski definition) is 1. The number of aromatic amines is 1. The minimum Gasteiger partial charge on any atom is -0.264 e. The maximum absolute atomic E-state index is 10.8. The van der Waals surface area contributed by atoms with Crippen molar-refractivity contribution in [3.8, 4) is 22.8 Å². The molecule has 1 aromatic heterocycles. The van der Waals surface area contributed by atoms with Gasteiger partial charge in [0.15, 0.2) is 0 Å². The predicted molar refractivity (Wildman–Crippen MR) is 75.4 cm³/mol. The molecule has 0 unspecified atom stereocenters. The van der Waals surface area contributed by atoms with Gasteiger partial charge in [0.1, 0.15) is 0 Å². The zero-order chi connectivity index (χ0) is 14.7. The molecule has 0 saturated carbocycles. The Bertz CT molecular complexity index is 699. The van der Waals surface area contributed by atoms with Crippen LogP contribution in [0.1, 0.15) is 0 Å². The molecule has 3 aromatic rings. The Kier molecular flexibility index (Phi) is 3.30. The van der Waals surface area contributed by atoms with Gasteiger partial charge in [0.25, 0.3) is 0 Å². The van der Waals surface area contributed by atoms with E-state index in [1.807, 2.05) is 60.7 Å². The molecule has 7 nitrogen and oxygen atoms in total. The molecule has 1 heterocycles. The standard InChI is InChI=1S/C14H11N5O2/c20-19(21)17-18-13(11-7-3-1-4-8-11)15-16-14(18)12-9-5-2-6-10-12/h1-10,15H. The predicted octanol–water partition coefficient (Wildman–Crippen LogP) is 2.36. The van der Waals surface area contributed by atoms with Gasteiger partial charge in [-0.2, -0.15) is 0 Å². The van der Waals surface area contributed by atoms with Crippen LogP contribution >= 0.6 is 0 Å². The number of benzene rings is 2. The van der Waals surface area contributed by atoms with E-state index in [0.29, 0.717) is 11.6 Å². The van der Waals surface area contributed by atoms with Crippen molar-refractivity contribution in [1.82, 2.24) is 10.2 Å². The molecule has 0 aliphatic carbocycles. The molecule has 104 valence electrons. The quantitative estimate of drug-likeness (QED) is 0.452. The van der Waals surface area contributed by atoms with Crippen LogP contribution in [0.15, 0.2) is 60.7 Å². The van der Waals surface area contributed by atoms with Gasteiger partial charge in [-0.25, -0.2) is 5.10 Å². The summed E-state index contributed by atoms with van der Waals surface area (Å²) in [5.41, 5.74) is 4.92. The second-order valence-electron chi connectivity index (χ2n) is 4.27. The minimum atomic E-state index is -0.742. The van der Waals surface area contributed by atoms with E-state index in [1.54, 1.807) is 0 Å². The molecule has 0 saturated heterocycles. The summed E-state index contributed by atoms with van der Waals surface area (Å²) in [5, 5.41) is 17.0. The number of nitro groups is 1. The minimum absolute atomic E-state index is 0.381. The molecule has 3 rings (SSSR count). The first-order chi connectivity index (χ1) is 10.3. The third kappa shape index (κ3) is 2.57. The van der Waals surface area contributed by atoms with Gasteiger partial charge < -0.3 is 0 Å². The summed E-state index contributed by atoms with van der Waals surface area (Å²) >= 11 is 0. The van der Waals surface area contributed by atoms with E-state index in [4.69, 9.17) is 0 Å². The smallest absolute Gasteiger partial charge is 0.264 e. The van der Waals surface area contributed by atoms with Crippen LogP contribution in [-0.4, -0.2) is 15.2 Å². The van der Waals surface area contributed by atoms with Crippen LogP contribution < -0.4 is 4.68 Å². The highest BCUT2D eigenvalue weighted by Gasteiger charge is 2.22. The van der Waals surface area contributed by atoms with Crippen LogP contribution in [0, 0.1) is 10.1 Å². The summed E-state index contributed by atoms with van der Waals surface area (Å²) in [4.78, 5) is 10.8. The lowest BCUT2D eigenvalue weighted by Gasteiger charge is -2.04. The SMILES string of the molecule is O=[N+]([O-])[N-][n+]1c(-c2ccccc2)n[nH]c1-c1ccccc1. The first-order valence-electron chi connectivity index (χ1n) is 6.23. The van der Waals surface area contributed by atoms with Crippen LogP contribution in [0.2, 0.25) is 0 Å². The maximum atomic E-state index is 10.8. The van der Waals surface area contributed by atoms with E-state index in [1.165, 1.54) is 4.68 Å². The van der Waals surface area contributed by atoms with Gasteiger partial charge in [0, 0.05) is 5.03 Å². The van der Waals surface area contributed by atoms with Gasteiger partial charge in [-0.15, -0.1) is 9.77 Å². The highest BCUT2D eigenvalue weighted by molar-refractivity contribution is 5.56. The molecule has 0 atom stereocenters. The van der Waals surface area contributed by atoms with Crippen molar-refractivity contribution in [2.45, 2.75) is 0 Å². The van der Waals surface area contributed by atoms with Gasteiger partial charge in [0.2, 0.25) is 0 Å². The molecule has 1 N–H and O–H groups in total. The fraction of sp³-hybridized carbons (Fsp3) is 0. The Hall–Kier alpha value is -3.22. The third-order valence-corrected chi connectivity index (χ3v) is 2.92. The van der Waals surface area contributed by atoms with E-state index < -0.39 is 5.03 Å². The van der Waals surface area contributed by atoms with Crippen LogP contribution in [0.25, 0.3) is 28.3 Å². The summed E-state index contributed by atoms with van der Waals surface area (Å²) in [6, 6.07) is 18.4. The summed E-state index contributed by atoms with van der Waals surface area (Å²) in [5.74, 6) is 0.831. The fourth-order valence-corrected chi connectivity index (χ4v) is 2.02. The van der Waals surface area contributed by atoms with Crippen LogP contribution in [0.3, 0.4) is 0 Å². The molecule has 7 heteroatoms. The van der Waals surface area contributed by atoms with Crippen molar-refractivity contribution in [3.63, 3.8) is 0 Å². The van der Waals surface area contributed by atoms with Gasteiger partial charge >= 0.3 is 11.6 Å². The third-order valence-electron chi connectivity index (χ3n) is 2.92. The van der Waals surface area contributed by atoms with Crippen molar-refractivity contribution in [2.75, 3.05) is 0 Å². The average molecular weight is 281 g/mol. The summed E-state index contributed by atoms with van der Waals surface area (Å²) in [6.07, 6.45) is 0. The number of hydrogen-bond acceptors (Lipinski definition) is 3. The van der Waals surface area contributed by atoms with Gasteiger partial charge in [-0.3, -0.25) is 10.1 Å². The molecule has 0 fully saturated rings. The van der Waals surface area contributed by atoms with Crippen molar-refractivity contribution in [3.05, 3.63) is 76.3 Å². The number of H-pyrrole nitrogens is 1. The van der Waals surface area contributed by atoms with Crippen molar-refractivity contribution >= 4 is 0 Å². The maximum Gasteiger partial charge on any atom is 0.327 e. The molecule has 21 heavy (non-hydrogen) atoms. The molecular formula is C14H11N5O2. The normalized spacial score (nSPS) is 10.3. The number of rotatable bonds is 4.